The zero-order valence-electron chi connectivity index (χ0n) is 44.8. The average molecular weight is 1120 g/mol. The van der Waals surface area contributed by atoms with Crippen molar-refractivity contribution >= 4 is 81.0 Å². The molecule has 0 spiro atoms. The monoisotopic (exact) mass is 1120 g/mol. The standard InChI is InChI=1S/C55H69N11O15/c1-4-28(2)46(65-50(75)39(21-31-24-57-37-12-7-5-10-34(31)37)61-49(74)40(23-45(70)71)60-48(73)36(56)20-30-15-17-33(69)18-16-30)54(79)66-19-9-14-44(66)53(78)64-43(27-68)52(77)63-42(26-67)51(76)59-29(3)47(72)62-41(55(80)81)22-32-25-58-38-13-8-6-11-35(32)38/h5-8,10-13,15-18,24-25,28-29,36,39-44,46,57-58,67-69H,4,9,14,19-23,26-27,56H2,1-3H3,(H,59,76)(H,60,73)(H,61,74)(H,62,72)(H,63,77)(H,64,78)(H,65,75)(H,70,71)(H,80,81)/t28-,29-,36-,39-,40-,41-,42-,43-,44-,46-/m0/s1. The van der Waals surface area contributed by atoms with E-state index in [1.807, 2.05) is 0 Å². The van der Waals surface area contributed by atoms with E-state index in [0.29, 0.717) is 40.4 Å². The quantitative estimate of drug-likeness (QED) is 0.0277. The Bertz CT molecular complexity index is 3090. The van der Waals surface area contributed by atoms with Crippen LogP contribution >= 0.6 is 0 Å². The van der Waals surface area contributed by atoms with Crippen LogP contribution in [-0.4, -0.2) is 174 Å². The Balaban J connectivity index is 1.11. The largest absolute Gasteiger partial charge is 0.508 e. The number of nitrogens with one attached hydrogen (secondary N) is 9. The highest BCUT2D eigenvalue weighted by Gasteiger charge is 2.42. The van der Waals surface area contributed by atoms with Gasteiger partial charge in [0.05, 0.1) is 25.7 Å². The fourth-order valence-electron chi connectivity index (χ4n) is 9.39. The number of H-pyrrole nitrogens is 2. The predicted octanol–water partition coefficient (Wildman–Crippen LogP) is -1.30. The first-order chi connectivity index (χ1) is 38.6. The maximum Gasteiger partial charge on any atom is 0.326 e. The van der Waals surface area contributed by atoms with Gasteiger partial charge in [-0.15, -0.1) is 0 Å². The molecular weight excluding hydrogens is 1050 g/mol. The van der Waals surface area contributed by atoms with E-state index in [2.05, 4.69) is 47.2 Å². The molecule has 3 aromatic carbocycles. The number of aliphatic hydroxyl groups is 2. The number of para-hydroxylation sites is 2. The van der Waals surface area contributed by atoms with Gasteiger partial charge in [0.1, 0.15) is 54.1 Å². The van der Waals surface area contributed by atoms with Crippen molar-refractivity contribution in [1.82, 2.24) is 52.1 Å². The van der Waals surface area contributed by atoms with E-state index in [4.69, 9.17) is 5.73 Å². The van der Waals surface area contributed by atoms with Crippen molar-refractivity contribution in [1.29, 1.82) is 0 Å². The van der Waals surface area contributed by atoms with Crippen LogP contribution in [0, 0.1) is 5.92 Å². The lowest BCUT2D eigenvalue weighted by Crippen LogP contribution is -2.61. The number of amides is 8. The van der Waals surface area contributed by atoms with E-state index in [1.54, 1.807) is 74.8 Å². The summed E-state index contributed by atoms with van der Waals surface area (Å²) in [6, 6.07) is 6.85. The number of phenols is 1. The molecule has 1 aliphatic heterocycles. The maximum atomic E-state index is 14.6. The van der Waals surface area contributed by atoms with Crippen LogP contribution in [0.15, 0.2) is 85.2 Å². The molecule has 3 heterocycles. The molecule has 8 amide bonds. The number of fused-ring (bicyclic) bond motifs is 2. The number of hydrogen-bond acceptors (Lipinski definition) is 14. The molecule has 26 heteroatoms. The molecule has 10 atom stereocenters. The predicted molar refractivity (Wildman–Crippen MR) is 291 cm³/mol. The summed E-state index contributed by atoms with van der Waals surface area (Å²) in [7, 11) is 0. The summed E-state index contributed by atoms with van der Waals surface area (Å²) in [5, 5.41) is 68.2. The topological polar surface area (TPSA) is 417 Å². The number of aromatic nitrogens is 2. The van der Waals surface area contributed by atoms with Crippen molar-refractivity contribution in [2.45, 2.75) is 120 Å². The van der Waals surface area contributed by atoms with Crippen molar-refractivity contribution in [2.75, 3.05) is 19.8 Å². The molecule has 1 fully saturated rings. The van der Waals surface area contributed by atoms with Crippen molar-refractivity contribution in [3.05, 3.63) is 102 Å². The molecule has 6 rings (SSSR count). The zero-order chi connectivity index (χ0) is 59.1. The lowest BCUT2D eigenvalue weighted by molar-refractivity contribution is -0.144. The van der Waals surface area contributed by atoms with Crippen LogP contribution in [0.25, 0.3) is 21.8 Å². The highest BCUT2D eigenvalue weighted by atomic mass is 16.4. The number of likely N-dealkylation sites (tertiary alicyclic amines) is 1. The summed E-state index contributed by atoms with van der Waals surface area (Å²) in [6.07, 6.45) is 2.71. The number of phenolic OH excluding ortho intramolecular Hbond substituents is 1. The molecule has 0 bridgehead atoms. The van der Waals surface area contributed by atoms with Gasteiger partial charge in [-0.3, -0.25) is 43.2 Å². The summed E-state index contributed by atoms with van der Waals surface area (Å²) >= 11 is 0. The number of aromatic amines is 2. The van der Waals surface area contributed by atoms with Crippen molar-refractivity contribution in [2.24, 2.45) is 11.7 Å². The van der Waals surface area contributed by atoms with E-state index in [0.717, 1.165) is 10.9 Å². The highest BCUT2D eigenvalue weighted by Crippen LogP contribution is 2.24. The van der Waals surface area contributed by atoms with E-state index in [1.165, 1.54) is 36.1 Å². The Morgan fingerprint density at radius 2 is 1.12 bits per heavy atom. The molecule has 2 aromatic heterocycles. The number of carboxylic acid groups (broad SMARTS) is 2. The Kier molecular flexibility index (Phi) is 21.4. The van der Waals surface area contributed by atoms with Gasteiger partial charge in [-0.2, -0.15) is 0 Å². The molecule has 0 unspecified atom stereocenters. The van der Waals surface area contributed by atoms with Crippen LogP contribution in [-0.2, 0) is 67.2 Å². The Morgan fingerprint density at radius 1 is 0.617 bits per heavy atom. The number of nitrogens with zero attached hydrogens (tertiary/aromatic N) is 1. The van der Waals surface area contributed by atoms with Gasteiger partial charge in [-0.05, 0) is 73.1 Å². The van der Waals surface area contributed by atoms with Crippen molar-refractivity contribution < 1.29 is 73.5 Å². The molecule has 1 saturated heterocycles. The van der Waals surface area contributed by atoms with Crippen LogP contribution in [0.2, 0.25) is 0 Å². The number of nitrogens with two attached hydrogens (primary N) is 1. The first-order valence-electron chi connectivity index (χ1n) is 26.4. The van der Waals surface area contributed by atoms with Crippen molar-refractivity contribution in [3.63, 3.8) is 0 Å². The molecule has 0 saturated carbocycles. The summed E-state index contributed by atoms with van der Waals surface area (Å²) in [4.78, 5) is 142. The Hall–Kier alpha value is -8.88. The highest BCUT2D eigenvalue weighted by molar-refractivity contribution is 5.99. The number of aromatic hydroxyl groups is 1. The summed E-state index contributed by atoms with van der Waals surface area (Å²) in [5.41, 5.74) is 9.33. The van der Waals surface area contributed by atoms with E-state index < -0.39 is 139 Å². The summed E-state index contributed by atoms with van der Waals surface area (Å²) < 4.78 is 0. The molecule has 26 nitrogen and oxygen atoms in total. The minimum atomic E-state index is -1.73. The van der Waals surface area contributed by atoms with Crippen LogP contribution in [0.1, 0.15) is 63.1 Å². The van der Waals surface area contributed by atoms with Gasteiger partial charge in [0.25, 0.3) is 0 Å². The van der Waals surface area contributed by atoms with Crippen LogP contribution in [0.5, 0.6) is 5.75 Å². The third-order valence-corrected chi connectivity index (χ3v) is 14.2. The number of aliphatic carboxylic acids is 2. The third kappa shape index (κ3) is 16.1. The van der Waals surface area contributed by atoms with Crippen LogP contribution in [0.3, 0.4) is 0 Å². The number of carbonyl (C=O) groups excluding carboxylic acids is 8. The van der Waals surface area contributed by atoms with Gasteiger partial charge in [0, 0.05) is 53.6 Å². The second-order valence-electron chi connectivity index (χ2n) is 20.0. The third-order valence-electron chi connectivity index (χ3n) is 14.2. The maximum absolute atomic E-state index is 14.6. The minimum Gasteiger partial charge on any atom is -0.508 e. The Labute approximate surface area is 464 Å². The second kappa shape index (κ2) is 28.3. The molecule has 0 radical (unpaired) electrons. The van der Waals surface area contributed by atoms with Crippen LogP contribution < -0.4 is 43.0 Å². The average Bonchev–Trinajstić information content (AvgIpc) is 4.37. The lowest BCUT2D eigenvalue weighted by atomic mass is 9.96. The first kappa shape index (κ1) is 61.3. The summed E-state index contributed by atoms with van der Waals surface area (Å²) in [5.74, 6) is -10.9. The SMILES string of the molecule is CC[C@H](C)[C@H](NC(=O)[C@H](Cc1c[nH]c2ccccc12)NC(=O)[C@H](CC(=O)O)NC(=O)[C@@H](N)Cc1ccc(O)cc1)C(=O)N1CCC[C@H]1C(=O)N[C@@H](CO)C(=O)N[C@@H](CO)C(=O)N[C@@H](C)C(=O)N[C@@H](Cc1c[nH]c2ccccc12)C(=O)O. The van der Waals surface area contributed by atoms with Gasteiger partial charge in [0.15, 0.2) is 0 Å². The minimum absolute atomic E-state index is 0.0184. The molecule has 5 aromatic rings. The van der Waals surface area contributed by atoms with Gasteiger partial charge in [-0.25, -0.2) is 4.79 Å². The number of hydrogen-bond donors (Lipinski definition) is 15. The normalized spacial score (nSPS) is 16.5. The zero-order valence-corrected chi connectivity index (χ0v) is 44.8. The molecule has 16 N–H and O–H groups in total. The number of aliphatic hydroxyl groups excluding tert-OH is 2. The van der Waals surface area contributed by atoms with E-state index in [9.17, 15) is 73.5 Å². The first-order valence-corrected chi connectivity index (χ1v) is 26.4. The summed E-state index contributed by atoms with van der Waals surface area (Å²) in [6.45, 7) is 2.68. The molecule has 0 aliphatic carbocycles. The molecule has 81 heavy (non-hydrogen) atoms. The number of benzene rings is 3. The van der Waals surface area contributed by atoms with Crippen molar-refractivity contribution in [3.8, 4) is 5.75 Å². The van der Waals surface area contributed by atoms with Gasteiger partial charge in [-0.1, -0.05) is 68.8 Å². The Morgan fingerprint density at radius 3 is 1.69 bits per heavy atom. The number of rotatable bonds is 28. The number of carbonyl (C=O) groups is 10. The fraction of sp³-hybridized carbons (Fsp3) is 0.418. The lowest BCUT2D eigenvalue weighted by Gasteiger charge is -2.33. The van der Waals surface area contributed by atoms with Gasteiger partial charge >= 0.3 is 11.9 Å². The molecular formula is C55H69N11O15. The molecule has 434 valence electrons. The van der Waals surface area contributed by atoms with Gasteiger partial charge in [0.2, 0.25) is 47.3 Å². The fourth-order valence-corrected chi connectivity index (χ4v) is 9.39. The molecule has 1 aliphatic rings. The number of carboxylic acids is 2. The van der Waals surface area contributed by atoms with Gasteiger partial charge < -0.3 is 83.4 Å². The smallest absolute Gasteiger partial charge is 0.326 e. The van der Waals surface area contributed by atoms with E-state index >= 15 is 0 Å². The second-order valence-corrected chi connectivity index (χ2v) is 20.0. The van der Waals surface area contributed by atoms with Crippen LogP contribution in [0.4, 0.5) is 0 Å². The van der Waals surface area contributed by atoms with E-state index in [-0.39, 0.29) is 38.0 Å².